The quantitative estimate of drug-likeness (QED) is 0.706. The van der Waals surface area contributed by atoms with Gasteiger partial charge < -0.3 is 11.1 Å². The molecule has 3 heteroatoms. The molecule has 3 nitrogen and oxygen atoms in total. The first kappa shape index (κ1) is 9.00. The summed E-state index contributed by atoms with van der Waals surface area (Å²) in [6, 6.07) is 4.17. The summed E-state index contributed by atoms with van der Waals surface area (Å²) in [6.07, 6.45) is 1.76. The van der Waals surface area contributed by atoms with Crippen LogP contribution in [0.2, 0.25) is 0 Å². The van der Waals surface area contributed by atoms with E-state index in [9.17, 15) is 0 Å². The molecule has 0 aromatic carbocycles. The highest BCUT2D eigenvalue weighted by Gasteiger charge is 1.99. The predicted molar refractivity (Wildman–Crippen MR) is 50.6 cm³/mol. The molecule has 1 aromatic heterocycles. The summed E-state index contributed by atoms with van der Waals surface area (Å²) in [5.41, 5.74) is 7.38. The van der Waals surface area contributed by atoms with Crippen LogP contribution in [0.3, 0.4) is 0 Å². The third-order valence-corrected chi connectivity index (χ3v) is 1.60. The molecular weight excluding hydrogens is 150 g/mol. The first-order valence-electron chi connectivity index (χ1n) is 4.13. The number of nitrogens with zero attached hydrogens (tertiary/aromatic N) is 1. The van der Waals surface area contributed by atoms with Gasteiger partial charge in [0.2, 0.25) is 0 Å². The highest BCUT2D eigenvalue weighted by atomic mass is 14.9. The average Bonchev–Trinajstić information content (AvgIpc) is 2.03. The van der Waals surface area contributed by atoms with Crippen molar-refractivity contribution in [1.29, 1.82) is 0 Å². The van der Waals surface area contributed by atoms with Crippen LogP contribution in [0.25, 0.3) is 0 Å². The second-order valence-electron chi connectivity index (χ2n) is 3.07. The summed E-state index contributed by atoms with van der Waals surface area (Å²) in [7, 11) is 0. The minimum Gasteiger partial charge on any atom is -0.397 e. The van der Waals surface area contributed by atoms with Gasteiger partial charge in [0, 0.05) is 18.8 Å². The van der Waals surface area contributed by atoms with E-state index in [1.54, 1.807) is 6.20 Å². The lowest BCUT2D eigenvalue weighted by Gasteiger charge is -2.08. The van der Waals surface area contributed by atoms with E-state index in [1.807, 2.05) is 12.1 Å². The van der Waals surface area contributed by atoms with Gasteiger partial charge in [0.1, 0.15) is 0 Å². The second-order valence-corrected chi connectivity index (χ2v) is 3.07. The third-order valence-electron chi connectivity index (χ3n) is 1.60. The Balaban J connectivity index is 2.57. The fraction of sp³-hybridized carbons (Fsp3) is 0.444. The summed E-state index contributed by atoms with van der Waals surface area (Å²) in [4.78, 5) is 4.16. The van der Waals surface area contributed by atoms with Crippen molar-refractivity contribution >= 4 is 5.69 Å². The topological polar surface area (TPSA) is 50.9 Å². The van der Waals surface area contributed by atoms with Crippen LogP contribution in [0.15, 0.2) is 18.3 Å². The molecule has 0 bridgehead atoms. The van der Waals surface area contributed by atoms with Crippen molar-refractivity contribution in [2.45, 2.75) is 26.4 Å². The highest BCUT2D eigenvalue weighted by Crippen LogP contribution is 2.05. The second kappa shape index (κ2) is 4.07. The van der Waals surface area contributed by atoms with Crippen LogP contribution in [0.5, 0.6) is 0 Å². The predicted octanol–water partition coefficient (Wildman–Crippen LogP) is 1.16. The highest BCUT2D eigenvalue weighted by molar-refractivity contribution is 5.41. The van der Waals surface area contributed by atoms with Crippen LogP contribution in [0, 0.1) is 0 Å². The number of rotatable bonds is 3. The number of nitrogens with two attached hydrogens (primary N) is 1. The zero-order valence-corrected chi connectivity index (χ0v) is 7.54. The number of hydrogen-bond acceptors (Lipinski definition) is 3. The van der Waals surface area contributed by atoms with Crippen LogP contribution in [-0.4, -0.2) is 11.0 Å². The normalized spacial score (nSPS) is 10.6. The summed E-state index contributed by atoms with van der Waals surface area (Å²) in [5.74, 6) is 0. The summed E-state index contributed by atoms with van der Waals surface area (Å²) in [5, 5.41) is 3.26. The van der Waals surface area contributed by atoms with Gasteiger partial charge in [-0.1, -0.05) is 13.8 Å². The van der Waals surface area contributed by atoms with Gasteiger partial charge in [-0.3, -0.25) is 4.98 Å². The first-order chi connectivity index (χ1) is 5.70. The van der Waals surface area contributed by atoms with Crippen LogP contribution >= 0.6 is 0 Å². The Labute approximate surface area is 73.0 Å². The molecule has 0 aliphatic rings. The van der Waals surface area contributed by atoms with E-state index in [4.69, 9.17) is 5.73 Å². The Morgan fingerprint density at radius 3 is 2.92 bits per heavy atom. The first-order valence-corrected chi connectivity index (χ1v) is 4.13. The van der Waals surface area contributed by atoms with E-state index < -0.39 is 0 Å². The molecule has 3 N–H and O–H groups in total. The molecule has 0 atom stereocenters. The molecule has 0 saturated heterocycles. The van der Waals surface area contributed by atoms with Gasteiger partial charge in [0.05, 0.1) is 11.4 Å². The number of hydrogen-bond donors (Lipinski definition) is 2. The fourth-order valence-corrected chi connectivity index (χ4v) is 0.899. The molecule has 0 radical (unpaired) electrons. The van der Waals surface area contributed by atoms with E-state index >= 15 is 0 Å². The van der Waals surface area contributed by atoms with Gasteiger partial charge in [-0.2, -0.15) is 0 Å². The van der Waals surface area contributed by atoms with Crippen molar-refractivity contribution in [2.24, 2.45) is 0 Å². The van der Waals surface area contributed by atoms with Gasteiger partial charge in [0.25, 0.3) is 0 Å². The monoisotopic (exact) mass is 165 g/mol. The van der Waals surface area contributed by atoms with Crippen LogP contribution in [-0.2, 0) is 6.54 Å². The average molecular weight is 165 g/mol. The van der Waals surface area contributed by atoms with Crippen molar-refractivity contribution in [3.05, 3.63) is 24.0 Å². The molecule has 0 aliphatic carbocycles. The molecule has 1 rings (SSSR count). The Morgan fingerprint density at radius 2 is 2.33 bits per heavy atom. The third kappa shape index (κ3) is 2.51. The summed E-state index contributed by atoms with van der Waals surface area (Å²) >= 11 is 0. The van der Waals surface area contributed by atoms with Crippen molar-refractivity contribution in [1.82, 2.24) is 10.3 Å². The molecule has 0 aliphatic heterocycles. The van der Waals surface area contributed by atoms with Gasteiger partial charge >= 0.3 is 0 Å². The van der Waals surface area contributed by atoms with Crippen LogP contribution in [0.4, 0.5) is 5.69 Å². The van der Waals surface area contributed by atoms with Crippen molar-refractivity contribution in [2.75, 3.05) is 5.73 Å². The van der Waals surface area contributed by atoms with Crippen molar-refractivity contribution in [3.8, 4) is 0 Å². The number of anilines is 1. The van der Waals surface area contributed by atoms with Crippen LogP contribution < -0.4 is 11.1 Å². The summed E-state index contributed by atoms with van der Waals surface area (Å²) < 4.78 is 0. The van der Waals surface area contributed by atoms with E-state index in [-0.39, 0.29) is 0 Å². The Hall–Kier alpha value is -1.09. The van der Waals surface area contributed by atoms with Gasteiger partial charge in [-0.15, -0.1) is 0 Å². The molecule has 0 amide bonds. The zero-order chi connectivity index (χ0) is 8.97. The van der Waals surface area contributed by atoms with Gasteiger partial charge in [-0.25, -0.2) is 0 Å². The standard InChI is InChI=1S/C9H15N3/c1-7(2)12-6-9-8(10)4-3-5-11-9/h3-5,7,12H,6,10H2,1-2H3. The van der Waals surface area contributed by atoms with Gasteiger partial charge in [0.15, 0.2) is 0 Å². The van der Waals surface area contributed by atoms with Crippen molar-refractivity contribution < 1.29 is 0 Å². The van der Waals surface area contributed by atoms with Crippen LogP contribution in [0.1, 0.15) is 19.5 Å². The number of pyridine rings is 1. The number of aromatic nitrogens is 1. The molecule has 1 heterocycles. The molecule has 0 fully saturated rings. The Kier molecular flexibility index (Phi) is 3.05. The molecular formula is C9H15N3. The lowest BCUT2D eigenvalue weighted by molar-refractivity contribution is 0.582. The molecule has 0 saturated carbocycles. The molecule has 1 aromatic rings. The number of nitrogens with one attached hydrogen (secondary N) is 1. The maximum atomic E-state index is 5.70. The van der Waals surface area contributed by atoms with E-state index in [2.05, 4.69) is 24.1 Å². The minimum absolute atomic E-state index is 0.464. The lowest BCUT2D eigenvalue weighted by Crippen LogP contribution is -2.23. The zero-order valence-electron chi connectivity index (χ0n) is 7.54. The molecule has 0 spiro atoms. The van der Waals surface area contributed by atoms with E-state index in [0.29, 0.717) is 6.04 Å². The minimum atomic E-state index is 0.464. The fourth-order valence-electron chi connectivity index (χ4n) is 0.899. The molecule has 12 heavy (non-hydrogen) atoms. The van der Waals surface area contributed by atoms with Gasteiger partial charge in [-0.05, 0) is 12.1 Å². The number of nitrogen functional groups attached to an aromatic ring is 1. The van der Waals surface area contributed by atoms with Crippen molar-refractivity contribution in [3.63, 3.8) is 0 Å². The lowest BCUT2D eigenvalue weighted by atomic mass is 10.3. The molecule has 66 valence electrons. The molecule has 0 unspecified atom stereocenters. The van der Waals surface area contributed by atoms with E-state index in [1.165, 1.54) is 0 Å². The van der Waals surface area contributed by atoms with E-state index in [0.717, 1.165) is 17.9 Å². The Morgan fingerprint density at radius 1 is 1.58 bits per heavy atom. The maximum absolute atomic E-state index is 5.70. The largest absolute Gasteiger partial charge is 0.397 e. The summed E-state index contributed by atoms with van der Waals surface area (Å²) in [6.45, 7) is 4.93. The maximum Gasteiger partial charge on any atom is 0.0770 e. The smallest absolute Gasteiger partial charge is 0.0770 e. The Bertz CT molecular complexity index is 245. The SMILES string of the molecule is CC(C)NCc1ncccc1N.